The van der Waals surface area contributed by atoms with Gasteiger partial charge in [-0.1, -0.05) is 18.2 Å². The topological polar surface area (TPSA) is 55.4 Å². The lowest BCUT2D eigenvalue weighted by Crippen LogP contribution is -2.46. The normalized spacial score (nSPS) is 23.9. The van der Waals surface area contributed by atoms with Gasteiger partial charge in [0.15, 0.2) is 0 Å². The van der Waals surface area contributed by atoms with Crippen LogP contribution in [0.2, 0.25) is 0 Å². The molecule has 0 aromatic heterocycles. The molecule has 0 aliphatic heterocycles. The van der Waals surface area contributed by atoms with E-state index >= 15 is 0 Å². The van der Waals surface area contributed by atoms with Crippen LogP contribution in [0.25, 0.3) is 0 Å². The highest BCUT2D eigenvalue weighted by atomic mass is 32.2. The Bertz CT molecular complexity index is 550. The molecule has 0 bridgehead atoms. The van der Waals surface area contributed by atoms with Crippen LogP contribution >= 0.6 is 0 Å². The highest BCUT2D eigenvalue weighted by Crippen LogP contribution is 2.41. The quantitative estimate of drug-likeness (QED) is 0.872. The van der Waals surface area contributed by atoms with E-state index in [1.165, 1.54) is 11.8 Å². The van der Waals surface area contributed by atoms with Crippen molar-refractivity contribution in [3.05, 3.63) is 29.8 Å². The molecule has 0 spiro atoms. The van der Waals surface area contributed by atoms with Gasteiger partial charge < -0.3 is 10.1 Å². The van der Waals surface area contributed by atoms with E-state index in [2.05, 4.69) is 11.4 Å². The van der Waals surface area contributed by atoms with Crippen molar-refractivity contribution in [2.24, 2.45) is 0 Å². The van der Waals surface area contributed by atoms with Crippen LogP contribution in [0, 0.1) is 0 Å². The number of hydrogen-bond acceptors (Lipinski definition) is 4. The SMILES string of the molecule is COc1ccccc1C1CC(NC(C)CS(C)(=O)=O)C1. The van der Waals surface area contributed by atoms with Crippen molar-refractivity contribution >= 4 is 9.84 Å². The van der Waals surface area contributed by atoms with Crippen LogP contribution in [0.4, 0.5) is 0 Å². The Morgan fingerprint density at radius 1 is 1.35 bits per heavy atom. The first kappa shape index (κ1) is 15.3. The molecule has 1 unspecified atom stereocenters. The summed E-state index contributed by atoms with van der Waals surface area (Å²) in [5.74, 6) is 1.65. The molecule has 0 amide bonds. The first-order chi connectivity index (χ1) is 9.39. The molecule has 20 heavy (non-hydrogen) atoms. The van der Waals surface area contributed by atoms with Crippen LogP contribution in [-0.2, 0) is 9.84 Å². The molecule has 0 radical (unpaired) electrons. The van der Waals surface area contributed by atoms with Crippen molar-refractivity contribution < 1.29 is 13.2 Å². The molecule has 112 valence electrons. The number of ether oxygens (including phenoxy) is 1. The van der Waals surface area contributed by atoms with Crippen LogP contribution in [0.1, 0.15) is 31.2 Å². The van der Waals surface area contributed by atoms with Gasteiger partial charge in [0.05, 0.1) is 12.9 Å². The van der Waals surface area contributed by atoms with E-state index in [1.54, 1.807) is 7.11 Å². The van der Waals surface area contributed by atoms with Gasteiger partial charge in [0, 0.05) is 18.3 Å². The fourth-order valence-corrected chi connectivity index (χ4v) is 3.92. The maximum atomic E-state index is 11.2. The van der Waals surface area contributed by atoms with E-state index < -0.39 is 9.84 Å². The van der Waals surface area contributed by atoms with Crippen LogP contribution < -0.4 is 10.1 Å². The largest absolute Gasteiger partial charge is 0.496 e. The molecular formula is C15H23NO3S. The second-order valence-electron chi connectivity index (χ2n) is 5.77. The van der Waals surface area contributed by atoms with Gasteiger partial charge in [0.1, 0.15) is 15.6 Å². The summed E-state index contributed by atoms with van der Waals surface area (Å²) in [7, 11) is -1.22. The number of methoxy groups -OCH3 is 1. The van der Waals surface area contributed by atoms with Crippen molar-refractivity contribution in [3.63, 3.8) is 0 Å². The Balaban J connectivity index is 1.85. The first-order valence-electron chi connectivity index (χ1n) is 6.95. The molecule has 5 heteroatoms. The first-order valence-corrected chi connectivity index (χ1v) is 9.02. The lowest BCUT2D eigenvalue weighted by molar-refractivity contribution is 0.269. The summed E-state index contributed by atoms with van der Waals surface area (Å²) in [5, 5.41) is 3.39. The predicted molar refractivity (Wildman–Crippen MR) is 81.1 cm³/mol. The van der Waals surface area contributed by atoms with E-state index in [9.17, 15) is 8.42 Å². The molecule has 1 aliphatic rings. The summed E-state index contributed by atoms with van der Waals surface area (Å²) in [6.07, 6.45) is 3.35. The average molecular weight is 297 g/mol. The second-order valence-corrected chi connectivity index (χ2v) is 7.95. The maximum Gasteiger partial charge on any atom is 0.148 e. The van der Waals surface area contributed by atoms with Gasteiger partial charge in [-0.2, -0.15) is 0 Å². The minimum atomic E-state index is -2.91. The van der Waals surface area contributed by atoms with Crippen molar-refractivity contribution in [2.75, 3.05) is 19.1 Å². The van der Waals surface area contributed by atoms with Crippen LogP contribution in [0.15, 0.2) is 24.3 Å². The van der Waals surface area contributed by atoms with Gasteiger partial charge in [-0.15, -0.1) is 0 Å². The summed E-state index contributed by atoms with van der Waals surface area (Å²) in [4.78, 5) is 0. The number of nitrogens with one attached hydrogen (secondary N) is 1. The van der Waals surface area contributed by atoms with E-state index in [4.69, 9.17) is 4.74 Å². The Hall–Kier alpha value is -1.07. The van der Waals surface area contributed by atoms with Crippen LogP contribution in [0.5, 0.6) is 5.75 Å². The summed E-state index contributed by atoms with van der Waals surface area (Å²) in [5.41, 5.74) is 1.25. The number of rotatable bonds is 6. The highest BCUT2D eigenvalue weighted by Gasteiger charge is 2.32. The Morgan fingerprint density at radius 3 is 2.60 bits per heavy atom. The predicted octanol–water partition coefficient (Wildman–Crippen LogP) is 1.96. The number of para-hydroxylation sites is 1. The third-order valence-corrected chi connectivity index (χ3v) is 4.90. The van der Waals surface area contributed by atoms with Gasteiger partial charge in [-0.3, -0.25) is 0 Å². The fourth-order valence-electron chi connectivity index (χ4n) is 2.92. The minimum absolute atomic E-state index is 0.00798. The summed E-state index contributed by atoms with van der Waals surface area (Å²) >= 11 is 0. The zero-order valence-electron chi connectivity index (χ0n) is 12.3. The fraction of sp³-hybridized carbons (Fsp3) is 0.600. The van der Waals surface area contributed by atoms with E-state index in [0.29, 0.717) is 12.0 Å². The Morgan fingerprint density at radius 2 is 2.00 bits per heavy atom. The number of benzene rings is 1. The van der Waals surface area contributed by atoms with E-state index in [1.807, 2.05) is 25.1 Å². The van der Waals surface area contributed by atoms with Gasteiger partial charge in [-0.05, 0) is 37.3 Å². The summed E-state index contributed by atoms with van der Waals surface area (Å²) in [6, 6.07) is 8.52. The monoisotopic (exact) mass is 297 g/mol. The molecule has 1 N–H and O–H groups in total. The molecular weight excluding hydrogens is 274 g/mol. The van der Waals surface area contributed by atoms with Crippen molar-refractivity contribution in [1.29, 1.82) is 0 Å². The molecule has 1 aromatic carbocycles. The van der Waals surface area contributed by atoms with Gasteiger partial charge in [0.2, 0.25) is 0 Å². The van der Waals surface area contributed by atoms with Crippen molar-refractivity contribution in [2.45, 2.75) is 37.8 Å². The van der Waals surface area contributed by atoms with Crippen molar-refractivity contribution in [1.82, 2.24) is 5.32 Å². The maximum absolute atomic E-state index is 11.2. The highest BCUT2D eigenvalue weighted by molar-refractivity contribution is 7.90. The van der Waals surface area contributed by atoms with Gasteiger partial charge in [0.25, 0.3) is 0 Å². The minimum Gasteiger partial charge on any atom is -0.496 e. The molecule has 1 aliphatic carbocycles. The second kappa shape index (κ2) is 6.14. The van der Waals surface area contributed by atoms with Crippen LogP contribution in [-0.4, -0.2) is 39.6 Å². The third kappa shape index (κ3) is 3.96. The molecule has 1 aromatic rings. The molecule has 4 nitrogen and oxygen atoms in total. The zero-order valence-corrected chi connectivity index (χ0v) is 13.1. The van der Waals surface area contributed by atoms with Crippen LogP contribution in [0.3, 0.4) is 0 Å². The standard InChI is InChI=1S/C15H23NO3S/c1-11(10-20(3,17)18)16-13-8-12(9-13)14-6-4-5-7-15(14)19-2/h4-7,11-13,16H,8-10H2,1-3H3. The average Bonchev–Trinajstić information content (AvgIpc) is 2.31. The third-order valence-electron chi connectivity index (χ3n) is 3.79. The number of sulfone groups is 1. The Labute approximate surface area is 121 Å². The van der Waals surface area contributed by atoms with Gasteiger partial charge >= 0.3 is 0 Å². The smallest absolute Gasteiger partial charge is 0.148 e. The lowest BCUT2D eigenvalue weighted by atomic mass is 9.75. The molecule has 1 fully saturated rings. The Kier molecular flexibility index (Phi) is 4.70. The zero-order chi connectivity index (χ0) is 14.8. The lowest BCUT2D eigenvalue weighted by Gasteiger charge is -2.38. The number of hydrogen-bond donors (Lipinski definition) is 1. The molecule has 0 saturated heterocycles. The molecule has 2 rings (SSSR count). The molecule has 1 atom stereocenters. The van der Waals surface area contributed by atoms with Gasteiger partial charge in [-0.25, -0.2) is 8.42 Å². The van der Waals surface area contributed by atoms with Crippen molar-refractivity contribution in [3.8, 4) is 5.75 Å². The molecule has 1 saturated carbocycles. The van der Waals surface area contributed by atoms with E-state index in [-0.39, 0.29) is 11.8 Å². The van der Waals surface area contributed by atoms with E-state index in [0.717, 1.165) is 18.6 Å². The summed E-state index contributed by atoms with van der Waals surface area (Å²) < 4.78 is 27.9. The molecule has 0 heterocycles. The summed E-state index contributed by atoms with van der Waals surface area (Å²) in [6.45, 7) is 1.93.